The Bertz CT molecular complexity index is 345. The van der Waals surface area contributed by atoms with Crippen LogP contribution in [-0.2, 0) is 4.79 Å². The summed E-state index contributed by atoms with van der Waals surface area (Å²) in [6.07, 6.45) is 4.17. The van der Waals surface area contributed by atoms with Gasteiger partial charge in [0.2, 0.25) is 5.91 Å². The number of allylic oxidation sites excluding steroid dienone is 2. The van der Waals surface area contributed by atoms with E-state index in [4.69, 9.17) is 0 Å². The van der Waals surface area contributed by atoms with Crippen molar-refractivity contribution in [1.82, 2.24) is 0 Å². The van der Waals surface area contributed by atoms with Crippen LogP contribution in [0.3, 0.4) is 0 Å². The summed E-state index contributed by atoms with van der Waals surface area (Å²) in [6.45, 7) is 2.12. The number of amides is 1. The van der Waals surface area contributed by atoms with Gasteiger partial charge in [0.15, 0.2) is 0 Å². The molecule has 1 aliphatic heterocycles. The summed E-state index contributed by atoms with van der Waals surface area (Å²) in [5.41, 5.74) is 0. The van der Waals surface area contributed by atoms with E-state index in [-0.39, 0.29) is 35.5 Å². The molecule has 68 valence electrons. The van der Waals surface area contributed by atoms with Gasteiger partial charge in [-0.3, -0.25) is 4.79 Å². The zero-order valence-corrected chi connectivity index (χ0v) is 7.31. The molecule has 1 fully saturated rings. The summed E-state index contributed by atoms with van der Waals surface area (Å²) < 4.78 is 0. The van der Waals surface area contributed by atoms with Gasteiger partial charge in [-0.1, -0.05) is 19.1 Å². The quantitative estimate of drug-likeness (QED) is 0.487. The predicted molar refractivity (Wildman–Crippen MR) is 44.7 cm³/mol. The molecule has 0 aromatic carbocycles. The monoisotopic (exact) mass is 176 g/mol. The Morgan fingerprint density at radius 2 is 1.92 bits per heavy atom. The minimum Gasteiger partial charge on any atom is -0.861 e. The highest BCUT2D eigenvalue weighted by Gasteiger charge is 2.55. The van der Waals surface area contributed by atoms with Crippen LogP contribution in [0, 0.1) is 29.6 Å². The van der Waals surface area contributed by atoms with E-state index in [2.05, 4.69) is 24.1 Å². The van der Waals surface area contributed by atoms with Gasteiger partial charge in [-0.05, 0) is 23.7 Å². The molecule has 0 radical (unpaired) electrons. The predicted octanol–water partition coefficient (Wildman–Crippen LogP) is -0.0303. The van der Waals surface area contributed by atoms with Crippen LogP contribution in [0.15, 0.2) is 17.1 Å². The summed E-state index contributed by atoms with van der Waals surface area (Å²) in [5.74, 6) is 0.418. The SMILES string of the molecule is CC1C2C=CC1C1C([O-])=NC(=O)C21. The van der Waals surface area contributed by atoms with E-state index in [1.54, 1.807) is 0 Å². The van der Waals surface area contributed by atoms with E-state index in [9.17, 15) is 9.90 Å². The fourth-order valence-electron chi connectivity index (χ4n) is 3.13. The summed E-state index contributed by atoms with van der Waals surface area (Å²) >= 11 is 0. The molecule has 13 heavy (non-hydrogen) atoms. The number of carbonyl (C=O) groups excluding carboxylic acids is 1. The highest BCUT2D eigenvalue weighted by molar-refractivity contribution is 6.01. The number of carbonyl (C=O) groups is 1. The number of nitrogens with zero attached hydrogens (tertiary/aromatic N) is 1. The molecule has 0 saturated heterocycles. The van der Waals surface area contributed by atoms with Gasteiger partial charge in [0.1, 0.15) is 0 Å². The van der Waals surface area contributed by atoms with Gasteiger partial charge in [-0.25, -0.2) is 4.99 Å². The van der Waals surface area contributed by atoms with Crippen LogP contribution < -0.4 is 5.11 Å². The average molecular weight is 176 g/mol. The lowest BCUT2D eigenvalue weighted by atomic mass is 9.85. The Morgan fingerprint density at radius 1 is 1.31 bits per heavy atom. The molecular formula is C10H10NO2-. The molecule has 3 heteroatoms. The van der Waals surface area contributed by atoms with Gasteiger partial charge in [-0.2, -0.15) is 0 Å². The first-order chi connectivity index (χ1) is 6.20. The molecule has 5 unspecified atom stereocenters. The van der Waals surface area contributed by atoms with E-state index in [0.717, 1.165) is 0 Å². The Hall–Kier alpha value is -1.12. The molecule has 1 amide bonds. The van der Waals surface area contributed by atoms with Gasteiger partial charge < -0.3 is 5.11 Å². The molecule has 3 rings (SSSR count). The van der Waals surface area contributed by atoms with Crippen molar-refractivity contribution in [3.63, 3.8) is 0 Å². The normalized spacial score (nSPS) is 51.3. The molecular weight excluding hydrogens is 166 g/mol. The molecule has 1 saturated carbocycles. The zero-order chi connectivity index (χ0) is 9.16. The van der Waals surface area contributed by atoms with Crippen molar-refractivity contribution in [3.05, 3.63) is 12.2 Å². The maximum absolute atomic E-state index is 11.4. The Kier molecular flexibility index (Phi) is 1.14. The van der Waals surface area contributed by atoms with Crippen LogP contribution >= 0.6 is 0 Å². The van der Waals surface area contributed by atoms with E-state index in [1.165, 1.54) is 0 Å². The number of rotatable bonds is 0. The smallest absolute Gasteiger partial charge is 0.249 e. The fraction of sp³-hybridized carbons (Fsp3) is 0.600. The van der Waals surface area contributed by atoms with Gasteiger partial charge in [0.05, 0.1) is 5.92 Å². The first-order valence-corrected chi connectivity index (χ1v) is 4.68. The first kappa shape index (κ1) is 7.30. The summed E-state index contributed by atoms with van der Waals surface area (Å²) in [5, 5.41) is 11.4. The maximum atomic E-state index is 11.4. The largest absolute Gasteiger partial charge is 0.861 e. The summed E-state index contributed by atoms with van der Waals surface area (Å²) in [6, 6.07) is 0. The fourth-order valence-corrected chi connectivity index (χ4v) is 3.13. The van der Waals surface area contributed by atoms with Gasteiger partial charge in [-0.15, -0.1) is 0 Å². The molecule has 0 spiro atoms. The van der Waals surface area contributed by atoms with Crippen molar-refractivity contribution < 1.29 is 9.90 Å². The second kappa shape index (κ2) is 2.03. The van der Waals surface area contributed by atoms with Crippen LogP contribution in [0.4, 0.5) is 0 Å². The lowest BCUT2D eigenvalue weighted by Crippen LogP contribution is -2.31. The first-order valence-electron chi connectivity index (χ1n) is 4.68. The Balaban J connectivity index is 2.09. The molecule has 1 heterocycles. The molecule has 0 N–H and O–H groups in total. The van der Waals surface area contributed by atoms with Gasteiger partial charge in [0.25, 0.3) is 0 Å². The highest BCUT2D eigenvalue weighted by atomic mass is 16.3. The third kappa shape index (κ3) is 0.666. The molecule has 3 nitrogen and oxygen atoms in total. The topological polar surface area (TPSA) is 52.5 Å². The van der Waals surface area contributed by atoms with E-state index in [1.807, 2.05) is 0 Å². The van der Waals surface area contributed by atoms with Crippen LogP contribution in [0.25, 0.3) is 0 Å². The lowest BCUT2D eigenvalue weighted by molar-refractivity contribution is -0.224. The number of hydrogen-bond acceptors (Lipinski definition) is 2. The average Bonchev–Trinajstić information content (AvgIpc) is 2.67. The molecule has 2 aliphatic carbocycles. The third-order valence-corrected chi connectivity index (χ3v) is 3.78. The van der Waals surface area contributed by atoms with E-state index in [0.29, 0.717) is 5.92 Å². The molecule has 5 atom stereocenters. The zero-order valence-electron chi connectivity index (χ0n) is 7.31. The molecule has 0 aromatic rings. The molecule has 2 bridgehead atoms. The highest BCUT2D eigenvalue weighted by Crippen LogP contribution is 2.54. The minimum absolute atomic E-state index is 0.113. The van der Waals surface area contributed by atoms with Gasteiger partial charge >= 0.3 is 0 Å². The van der Waals surface area contributed by atoms with Crippen LogP contribution in [0.1, 0.15) is 6.92 Å². The Labute approximate surface area is 76.2 Å². The van der Waals surface area contributed by atoms with Crippen molar-refractivity contribution >= 4 is 11.8 Å². The number of aliphatic imine (C=N–C) groups is 1. The number of fused-ring (bicyclic) bond motifs is 5. The van der Waals surface area contributed by atoms with E-state index >= 15 is 0 Å². The number of hydrogen-bond donors (Lipinski definition) is 0. The minimum atomic E-state index is -0.182. The van der Waals surface area contributed by atoms with Crippen molar-refractivity contribution in [2.24, 2.45) is 34.6 Å². The third-order valence-electron chi connectivity index (χ3n) is 3.78. The summed E-state index contributed by atoms with van der Waals surface area (Å²) in [4.78, 5) is 14.9. The van der Waals surface area contributed by atoms with Crippen molar-refractivity contribution in [1.29, 1.82) is 0 Å². The van der Waals surface area contributed by atoms with Crippen LogP contribution in [0.5, 0.6) is 0 Å². The van der Waals surface area contributed by atoms with Crippen molar-refractivity contribution in [3.8, 4) is 0 Å². The van der Waals surface area contributed by atoms with Crippen molar-refractivity contribution in [2.45, 2.75) is 6.92 Å². The van der Waals surface area contributed by atoms with E-state index < -0.39 is 0 Å². The second-order valence-electron chi connectivity index (χ2n) is 4.24. The lowest BCUT2D eigenvalue weighted by Gasteiger charge is -2.22. The molecule has 0 aromatic heterocycles. The van der Waals surface area contributed by atoms with Gasteiger partial charge in [0, 0.05) is 5.92 Å². The summed E-state index contributed by atoms with van der Waals surface area (Å²) in [7, 11) is 0. The standard InChI is InChI=1S/C10H11NO2/c1-4-5-2-3-6(4)8-7(5)9(12)11-10(8)13/h2-8H,1H3,(H,11,12,13)/p-1. The van der Waals surface area contributed by atoms with Crippen LogP contribution in [-0.4, -0.2) is 11.8 Å². The molecule has 3 aliphatic rings. The Morgan fingerprint density at radius 3 is 2.54 bits per heavy atom. The van der Waals surface area contributed by atoms with Crippen molar-refractivity contribution in [2.75, 3.05) is 0 Å². The maximum Gasteiger partial charge on any atom is 0.249 e. The van der Waals surface area contributed by atoms with Crippen LogP contribution in [0.2, 0.25) is 0 Å². The second-order valence-corrected chi connectivity index (χ2v) is 4.24.